The van der Waals surface area contributed by atoms with Crippen molar-refractivity contribution in [2.24, 2.45) is 0 Å². The number of aliphatic carboxylic acids is 1. The molecule has 186 valence electrons. The van der Waals surface area contributed by atoms with Gasteiger partial charge in [-0.05, 0) is 60.0 Å². The van der Waals surface area contributed by atoms with E-state index in [2.05, 4.69) is 15.6 Å². The molecule has 0 saturated heterocycles. The molecule has 0 radical (unpaired) electrons. The van der Waals surface area contributed by atoms with Crippen LogP contribution in [0.4, 0.5) is 28.4 Å². The molecule has 4 aromatic rings. The van der Waals surface area contributed by atoms with Crippen molar-refractivity contribution < 1.29 is 32.3 Å². The topological polar surface area (TPSA) is 91.3 Å². The number of hydrogen-bond donors (Lipinski definition) is 3. The standard InChI is InChI=1S/C25H19F4N3O3S/c1-2-18(23(34)35)30-22(33)14-5-3-13(4-6-14)15-7-9-19(17(26)11-15)31-24-32-20-10-8-16(25(27,28)29)12-21(20)36-24/h3-12,18H,2H2,1H3,(H,30,33)(H,31,32)(H,34,35)/t18-/m0/s1. The van der Waals surface area contributed by atoms with Crippen molar-refractivity contribution >= 4 is 44.2 Å². The Balaban J connectivity index is 1.49. The van der Waals surface area contributed by atoms with Gasteiger partial charge in [-0.15, -0.1) is 0 Å². The summed E-state index contributed by atoms with van der Waals surface area (Å²) in [6.45, 7) is 1.65. The van der Waals surface area contributed by atoms with Gasteiger partial charge in [0.15, 0.2) is 5.13 Å². The van der Waals surface area contributed by atoms with Crippen LogP contribution in [0.15, 0.2) is 60.7 Å². The summed E-state index contributed by atoms with van der Waals surface area (Å²) in [4.78, 5) is 27.6. The van der Waals surface area contributed by atoms with E-state index >= 15 is 0 Å². The minimum absolute atomic E-state index is 0.101. The van der Waals surface area contributed by atoms with E-state index in [0.29, 0.717) is 21.3 Å². The fourth-order valence-corrected chi connectivity index (χ4v) is 4.38. The molecule has 3 N–H and O–H groups in total. The number of carbonyl (C=O) groups excluding carboxylic acids is 1. The van der Waals surface area contributed by atoms with Gasteiger partial charge in [-0.1, -0.05) is 36.5 Å². The number of hydrogen-bond acceptors (Lipinski definition) is 5. The zero-order chi connectivity index (χ0) is 26.0. The third kappa shape index (κ3) is 5.46. The molecule has 0 saturated carbocycles. The molecule has 0 aliphatic carbocycles. The molecule has 11 heteroatoms. The van der Waals surface area contributed by atoms with E-state index in [1.165, 1.54) is 30.3 Å². The minimum Gasteiger partial charge on any atom is -0.480 e. The molecule has 1 amide bonds. The number of carboxylic acids is 1. The second-order valence-electron chi connectivity index (χ2n) is 7.87. The highest BCUT2D eigenvalue weighted by Crippen LogP contribution is 2.35. The van der Waals surface area contributed by atoms with Gasteiger partial charge in [-0.3, -0.25) is 4.79 Å². The van der Waals surface area contributed by atoms with Crippen LogP contribution in [0.3, 0.4) is 0 Å². The number of alkyl halides is 3. The van der Waals surface area contributed by atoms with Crippen molar-refractivity contribution in [2.75, 3.05) is 5.32 Å². The molecular formula is C25H19F4N3O3S. The predicted octanol–water partition coefficient (Wildman–Crippen LogP) is 6.46. The first kappa shape index (κ1) is 25.1. The summed E-state index contributed by atoms with van der Waals surface area (Å²) in [5.74, 6) is -2.25. The lowest BCUT2D eigenvalue weighted by Crippen LogP contribution is -2.40. The lowest BCUT2D eigenvalue weighted by Gasteiger charge is -2.12. The molecule has 1 heterocycles. The third-order valence-electron chi connectivity index (χ3n) is 5.42. The van der Waals surface area contributed by atoms with Gasteiger partial charge in [-0.25, -0.2) is 14.2 Å². The smallest absolute Gasteiger partial charge is 0.416 e. The van der Waals surface area contributed by atoms with Crippen molar-refractivity contribution in [1.29, 1.82) is 0 Å². The van der Waals surface area contributed by atoms with Gasteiger partial charge < -0.3 is 15.7 Å². The maximum atomic E-state index is 14.8. The number of halogens is 4. The van der Waals surface area contributed by atoms with Gasteiger partial charge >= 0.3 is 12.1 Å². The molecule has 0 spiro atoms. The molecule has 1 atom stereocenters. The first-order valence-corrected chi connectivity index (χ1v) is 11.5. The highest BCUT2D eigenvalue weighted by Gasteiger charge is 2.30. The third-order valence-corrected chi connectivity index (χ3v) is 6.35. The largest absolute Gasteiger partial charge is 0.480 e. The quantitative estimate of drug-likeness (QED) is 0.245. The summed E-state index contributed by atoms with van der Waals surface area (Å²) in [6, 6.07) is 12.9. The van der Waals surface area contributed by atoms with Gasteiger partial charge in [0.2, 0.25) is 0 Å². The van der Waals surface area contributed by atoms with Gasteiger partial charge in [0.05, 0.1) is 21.5 Å². The fraction of sp³-hybridized carbons (Fsp3) is 0.160. The molecule has 0 fully saturated rings. The zero-order valence-corrected chi connectivity index (χ0v) is 19.5. The molecule has 6 nitrogen and oxygen atoms in total. The molecule has 1 aromatic heterocycles. The normalized spacial score (nSPS) is 12.4. The summed E-state index contributed by atoms with van der Waals surface area (Å²) in [5, 5.41) is 14.6. The Labute approximate surface area is 206 Å². The fourth-order valence-electron chi connectivity index (χ4n) is 3.46. The second-order valence-corrected chi connectivity index (χ2v) is 8.90. The molecule has 0 aliphatic rings. The first-order chi connectivity index (χ1) is 17.0. The van der Waals surface area contributed by atoms with Gasteiger partial charge in [0.1, 0.15) is 11.9 Å². The number of thiazole rings is 1. The molecule has 0 aliphatic heterocycles. The molecule has 0 unspecified atom stereocenters. The number of amides is 1. The maximum absolute atomic E-state index is 14.8. The number of carboxylic acid groups (broad SMARTS) is 1. The van der Waals surface area contributed by atoms with E-state index in [1.54, 1.807) is 25.1 Å². The Morgan fingerprint density at radius 1 is 1.03 bits per heavy atom. The van der Waals surface area contributed by atoms with Crippen LogP contribution in [0, 0.1) is 5.82 Å². The maximum Gasteiger partial charge on any atom is 0.416 e. The van der Waals surface area contributed by atoms with Crippen LogP contribution >= 0.6 is 11.3 Å². The number of nitrogens with one attached hydrogen (secondary N) is 2. The van der Waals surface area contributed by atoms with E-state index in [-0.39, 0.29) is 22.8 Å². The summed E-state index contributed by atoms with van der Waals surface area (Å²) < 4.78 is 53.9. The molecule has 3 aromatic carbocycles. The van der Waals surface area contributed by atoms with E-state index in [9.17, 15) is 27.2 Å². The van der Waals surface area contributed by atoms with Gasteiger partial charge in [-0.2, -0.15) is 13.2 Å². The SMILES string of the molecule is CC[C@H](NC(=O)c1ccc(-c2ccc(Nc3nc4ccc(C(F)(F)F)cc4s3)c(F)c2)cc1)C(=O)O. The van der Waals surface area contributed by atoms with Crippen molar-refractivity contribution in [2.45, 2.75) is 25.6 Å². The van der Waals surface area contributed by atoms with Crippen molar-refractivity contribution in [3.63, 3.8) is 0 Å². The number of fused-ring (bicyclic) bond motifs is 1. The van der Waals surface area contributed by atoms with Crippen LogP contribution in [0.5, 0.6) is 0 Å². The minimum atomic E-state index is -4.47. The lowest BCUT2D eigenvalue weighted by atomic mass is 10.0. The van der Waals surface area contributed by atoms with Crippen molar-refractivity contribution in [1.82, 2.24) is 10.3 Å². The second kappa shape index (κ2) is 9.94. The molecule has 4 rings (SSSR count). The zero-order valence-electron chi connectivity index (χ0n) is 18.7. The Kier molecular flexibility index (Phi) is 6.93. The Bertz CT molecular complexity index is 1440. The van der Waals surface area contributed by atoms with E-state index < -0.39 is 35.5 Å². The van der Waals surface area contributed by atoms with Crippen LogP contribution in [-0.2, 0) is 11.0 Å². The van der Waals surface area contributed by atoms with Crippen molar-refractivity contribution in [3.8, 4) is 11.1 Å². The van der Waals surface area contributed by atoms with Crippen molar-refractivity contribution in [3.05, 3.63) is 77.6 Å². The Morgan fingerprint density at radius 3 is 2.33 bits per heavy atom. The van der Waals surface area contributed by atoms with E-state index in [4.69, 9.17) is 5.11 Å². The lowest BCUT2D eigenvalue weighted by molar-refractivity contribution is -0.139. The summed E-state index contributed by atoms with van der Waals surface area (Å²) in [6.07, 6.45) is -4.23. The monoisotopic (exact) mass is 517 g/mol. The number of anilines is 2. The average molecular weight is 518 g/mol. The van der Waals surface area contributed by atoms with Crippen LogP contribution in [-0.4, -0.2) is 28.0 Å². The summed E-state index contributed by atoms with van der Waals surface area (Å²) in [7, 11) is 0. The highest BCUT2D eigenvalue weighted by atomic mass is 32.1. The number of rotatable bonds is 7. The van der Waals surface area contributed by atoms with Crippen LogP contribution in [0.1, 0.15) is 29.3 Å². The Morgan fingerprint density at radius 2 is 1.72 bits per heavy atom. The molecular weight excluding hydrogens is 498 g/mol. The van der Waals surface area contributed by atoms with E-state index in [1.807, 2.05) is 0 Å². The van der Waals surface area contributed by atoms with Crippen LogP contribution in [0.25, 0.3) is 21.3 Å². The van der Waals surface area contributed by atoms with Gasteiger partial charge in [0, 0.05) is 5.56 Å². The number of carbonyl (C=O) groups is 2. The molecule has 36 heavy (non-hydrogen) atoms. The van der Waals surface area contributed by atoms with Gasteiger partial charge in [0.25, 0.3) is 5.91 Å². The first-order valence-electron chi connectivity index (χ1n) is 10.7. The summed E-state index contributed by atoms with van der Waals surface area (Å²) >= 11 is 0.980. The number of nitrogens with zero attached hydrogens (tertiary/aromatic N) is 1. The predicted molar refractivity (Wildman–Crippen MR) is 129 cm³/mol. The summed E-state index contributed by atoms with van der Waals surface area (Å²) in [5.41, 5.74) is 1.11. The number of aromatic nitrogens is 1. The van der Waals surface area contributed by atoms with Crippen LogP contribution in [0.2, 0.25) is 0 Å². The highest BCUT2D eigenvalue weighted by molar-refractivity contribution is 7.22. The molecule has 0 bridgehead atoms. The average Bonchev–Trinajstić information content (AvgIpc) is 3.24. The van der Waals surface area contributed by atoms with Crippen LogP contribution < -0.4 is 10.6 Å². The number of benzene rings is 3. The Hall–Kier alpha value is -3.99. The van der Waals surface area contributed by atoms with E-state index in [0.717, 1.165) is 23.5 Å².